The molecule has 6 N–H and O–H groups in total. The van der Waals surface area contributed by atoms with Crippen LogP contribution in [0.15, 0.2) is 30.3 Å². The van der Waals surface area contributed by atoms with E-state index in [0.717, 1.165) is 24.8 Å². The van der Waals surface area contributed by atoms with Gasteiger partial charge in [0.15, 0.2) is 0 Å². The lowest BCUT2D eigenvalue weighted by atomic mass is 10.1. The lowest BCUT2D eigenvalue weighted by Crippen LogP contribution is -2.52. The van der Waals surface area contributed by atoms with Crippen molar-refractivity contribution in [1.82, 2.24) is 31.5 Å². The molecule has 13 heteroatoms. The smallest absolute Gasteiger partial charge is 0.243 e. The largest absolute Gasteiger partial charge is 0.392 e. The van der Waals surface area contributed by atoms with Gasteiger partial charge < -0.3 is 36.6 Å². The van der Waals surface area contributed by atoms with Crippen molar-refractivity contribution in [1.29, 1.82) is 0 Å². The molecule has 0 saturated heterocycles. The van der Waals surface area contributed by atoms with Gasteiger partial charge in [-0.2, -0.15) is 0 Å². The molecule has 6 amide bonds. The van der Waals surface area contributed by atoms with Gasteiger partial charge in [0.25, 0.3) is 0 Å². The highest BCUT2D eigenvalue weighted by Crippen LogP contribution is 2.04. The number of rotatable bonds is 19. The van der Waals surface area contributed by atoms with Crippen LogP contribution in [0, 0.1) is 0 Å². The van der Waals surface area contributed by atoms with E-state index in [-0.39, 0.29) is 38.4 Å². The van der Waals surface area contributed by atoms with Gasteiger partial charge in [-0.05, 0) is 25.3 Å². The molecule has 0 bridgehead atoms. The summed E-state index contributed by atoms with van der Waals surface area (Å²) in [6.45, 7) is 1.13. The predicted octanol–water partition coefficient (Wildman–Crippen LogP) is -1.79. The SMILES string of the molecule is CC(O)CNC(=O)CNC(=O)C(Cc1ccccc1)NC(=O)CNC(=O)CNC(=O)CCCCCN(C)C=O. The van der Waals surface area contributed by atoms with Gasteiger partial charge in [-0.1, -0.05) is 36.8 Å². The molecular weight excluding hydrogens is 508 g/mol. The summed E-state index contributed by atoms with van der Waals surface area (Å²) in [7, 11) is 1.68. The van der Waals surface area contributed by atoms with Crippen LogP contribution >= 0.6 is 0 Å². The maximum atomic E-state index is 12.7. The minimum Gasteiger partial charge on any atom is -0.392 e. The molecule has 2 atom stereocenters. The summed E-state index contributed by atoms with van der Waals surface area (Å²) in [5.74, 6) is -2.56. The lowest BCUT2D eigenvalue weighted by molar-refractivity contribution is -0.131. The Kier molecular flexibility index (Phi) is 16.2. The zero-order valence-electron chi connectivity index (χ0n) is 22.5. The van der Waals surface area contributed by atoms with E-state index < -0.39 is 42.3 Å². The van der Waals surface area contributed by atoms with Crippen molar-refractivity contribution >= 4 is 35.9 Å². The standard InChI is InChI=1S/C26H40N6O7/c1-19(34)14-27-24(37)16-30-26(39)21(13-20-9-5-3-6-10-20)31-25(38)17-29-23(36)15-28-22(35)11-7-4-8-12-32(2)18-33/h3,5-6,9-10,18-19,21,34H,4,7-8,11-17H2,1-2H3,(H,27,37)(H,28,35)(H,29,36)(H,30,39)(H,31,38). The Morgan fingerprint density at radius 3 is 2.13 bits per heavy atom. The molecule has 0 aliphatic heterocycles. The van der Waals surface area contributed by atoms with E-state index in [9.17, 15) is 33.9 Å². The van der Waals surface area contributed by atoms with Gasteiger partial charge in [0.05, 0.1) is 25.7 Å². The van der Waals surface area contributed by atoms with Gasteiger partial charge in [0.2, 0.25) is 35.9 Å². The molecular formula is C26H40N6O7. The van der Waals surface area contributed by atoms with Crippen LogP contribution in [0.25, 0.3) is 0 Å². The second kappa shape index (κ2) is 19.1. The normalized spacial score (nSPS) is 11.9. The maximum absolute atomic E-state index is 12.7. The number of amides is 6. The van der Waals surface area contributed by atoms with Crippen molar-refractivity contribution in [3.63, 3.8) is 0 Å². The molecule has 0 fully saturated rings. The molecule has 0 aliphatic rings. The quantitative estimate of drug-likeness (QED) is 0.0870. The van der Waals surface area contributed by atoms with E-state index >= 15 is 0 Å². The Hall–Kier alpha value is -4.00. The number of hydrogen-bond acceptors (Lipinski definition) is 7. The summed E-state index contributed by atoms with van der Waals surface area (Å²) in [4.78, 5) is 73.0. The summed E-state index contributed by atoms with van der Waals surface area (Å²) >= 11 is 0. The first-order chi connectivity index (χ1) is 18.6. The minimum absolute atomic E-state index is 0.0410. The van der Waals surface area contributed by atoms with E-state index in [0.29, 0.717) is 13.0 Å². The number of benzene rings is 1. The van der Waals surface area contributed by atoms with Crippen molar-refractivity contribution in [3.05, 3.63) is 35.9 Å². The highest BCUT2D eigenvalue weighted by atomic mass is 16.3. The van der Waals surface area contributed by atoms with Gasteiger partial charge in [0.1, 0.15) is 6.04 Å². The fraction of sp³-hybridized carbons (Fsp3) is 0.538. The van der Waals surface area contributed by atoms with Crippen molar-refractivity contribution in [3.8, 4) is 0 Å². The van der Waals surface area contributed by atoms with E-state index in [2.05, 4.69) is 26.6 Å². The van der Waals surface area contributed by atoms with Gasteiger partial charge in [-0.3, -0.25) is 28.8 Å². The van der Waals surface area contributed by atoms with Crippen molar-refractivity contribution in [2.24, 2.45) is 0 Å². The summed E-state index contributed by atoms with van der Waals surface area (Å²) in [6, 6.07) is 7.96. The van der Waals surface area contributed by atoms with Crippen LogP contribution in [0.2, 0.25) is 0 Å². The third-order valence-electron chi connectivity index (χ3n) is 5.44. The number of hydrogen-bond donors (Lipinski definition) is 6. The average molecular weight is 549 g/mol. The van der Waals surface area contributed by atoms with Gasteiger partial charge in [-0.25, -0.2) is 0 Å². The third-order valence-corrected chi connectivity index (χ3v) is 5.44. The molecule has 0 saturated carbocycles. The van der Waals surface area contributed by atoms with Crippen LogP contribution in [0.1, 0.15) is 38.2 Å². The maximum Gasteiger partial charge on any atom is 0.243 e. The number of aliphatic hydroxyl groups is 1. The number of carbonyl (C=O) groups is 6. The second-order valence-electron chi connectivity index (χ2n) is 9.13. The van der Waals surface area contributed by atoms with E-state index in [1.165, 1.54) is 11.8 Å². The number of nitrogens with one attached hydrogen (secondary N) is 5. The molecule has 0 aliphatic carbocycles. The molecule has 0 heterocycles. The number of carbonyl (C=O) groups excluding carboxylic acids is 6. The van der Waals surface area contributed by atoms with Crippen molar-refractivity contribution < 1.29 is 33.9 Å². The Morgan fingerprint density at radius 2 is 1.46 bits per heavy atom. The van der Waals surface area contributed by atoms with Crippen LogP contribution in [0.4, 0.5) is 0 Å². The zero-order valence-corrected chi connectivity index (χ0v) is 22.5. The first-order valence-corrected chi connectivity index (χ1v) is 12.9. The monoisotopic (exact) mass is 548 g/mol. The molecule has 0 spiro atoms. The Bertz CT molecular complexity index is 942. The molecule has 216 valence electrons. The average Bonchev–Trinajstić information content (AvgIpc) is 2.92. The fourth-order valence-corrected chi connectivity index (χ4v) is 3.30. The van der Waals surface area contributed by atoms with E-state index in [4.69, 9.17) is 0 Å². The van der Waals surface area contributed by atoms with Gasteiger partial charge in [0, 0.05) is 33.0 Å². The summed E-state index contributed by atoms with van der Waals surface area (Å²) in [6.07, 6.45) is 2.57. The first kappa shape index (κ1) is 33.0. The van der Waals surface area contributed by atoms with Crippen LogP contribution in [-0.4, -0.2) is 97.9 Å². The molecule has 1 aromatic carbocycles. The Balaban J connectivity index is 2.45. The molecule has 13 nitrogen and oxygen atoms in total. The van der Waals surface area contributed by atoms with E-state index in [1.807, 2.05) is 6.07 Å². The molecule has 0 radical (unpaired) electrons. The van der Waals surface area contributed by atoms with Crippen molar-refractivity contribution in [2.75, 3.05) is 39.8 Å². The summed E-state index contributed by atoms with van der Waals surface area (Å²) < 4.78 is 0. The Labute approximate surface area is 228 Å². The van der Waals surface area contributed by atoms with Gasteiger partial charge in [-0.15, -0.1) is 0 Å². The number of unbranched alkanes of at least 4 members (excludes halogenated alkanes) is 2. The topological polar surface area (TPSA) is 186 Å². The third kappa shape index (κ3) is 16.5. The number of nitrogens with zero attached hydrogens (tertiary/aromatic N) is 1. The highest BCUT2D eigenvalue weighted by molar-refractivity contribution is 5.92. The van der Waals surface area contributed by atoms with Crippen LogP contribution < -0.4 is 26.6 Å². The van der Waals surface area contributed by atoms with Crippen LogP contribution in [0.3, 0.4) is 0 Å². The molecule has 0 aromatic heterocycles. The van der Waals surface area contributed by atoms with Crippen LogP contribution in [0.5, 0.6) is 0 Å². The molecule has 2 unspecified atom stereocenters. The van der Waals surface area contributed by atoms with Gasteiger partial charge >= 0.3 is 0 Å². The van der Waals surface area contributed by atoms with E-state index in [1.54, 1.807) is 31.3 Å². The first-order valence-electron chi connectivity index (χ1n) is 12.9. The zero-order chi connectivity index (χ0) is 29.0. The van der Waals surface area contributed by atoms with Crippen LogP contribution in [-0.2, 0) is 35.2 Å². The van der Waals surface area contributed by atoms with Crippen molar-refractivity contribution in [2.45, 2.75) is 51.2 Å². The lowest BCUT2D eigenvalue weighted by Gasteiger charge is -2.19. The second-order valence-corrected chi connectivity index (χ2v) is 9.13. The predicted molar refractivity (Wildman–Crippen MR) is 143 cm³/mol. The number of aliphatic hydroxyl groups excluding tert-OH is 1. The molecule has 39 heavy (non-hydrogen) atoms. The highest BCUT2D eigenvalue weighted by Gasteiger charge is 2.22. The molecule has 1 rings (SSSR count). The summed E-state index contributed by atoms with van der Waals surface area (Å²) in [5, 5.41) is 21.6. The Morgan fingerprint density at radius 1 is 0.846 bits per heavy atom. The minimum atomic E-state index is -1.01. The fourth-order valence-electron chi connectivity index (χ4n) is 3.30. The molecule has 1 aromatic rings. The summed E-state index contributed by atoms with van der Waals surface area (Å²) in [5.41, 5.74) is 0.777.